The zero-order valence-electron chi connectivity index (χ0n) is 25.6. The van der Waals surface area contributed by atoms with Crippen LogP contribution in [0.5, 0.6) is 11.5 Å². The van der Waals surface area contributed by atoms with Crippen LogP contribution in [0, 0.1) is 5.82 Å². The smallest absolute Gasteiger partial charge is 0.490 e. The Kier molecular flexibility index (Phi) is 11.2. The molecule has 3 aliphatic rings. The van der Waals surface area contributed by atoms with Crippen LogP contribution in [-0.4, -0.2) is 80.3 Å². The molecule has 3 N–H and O–H groups in total. The third-order valence-corrected chi connectivity index (χ3v) is 9.03. The number of carbonyl (C=O) groups excluding carboxylic acids is 1. The summed E-state index contributed by atoms with van der Waals surface area (Å²) in [5, 5.41) is 12.5. The molecule has 3 fully saturated rings. The van der Waals surface area contributed by atoms with Crippen LogP contribution in [0.15, 0.2) is 36.4 Å². The normalized spacial score (nSPS) is 23.6. The second-order valence-electron chi connectivity index (χ2n) is 11.6. The van der Waals surface area contributed by atoms with Crippen LogP contribution in [0.3, 0.4) is 0 Å². The number of amides is 2. The number of anilines is 1. The number of rotatable bonds is 6. The van der Waals surface area contributed by atoms with E-state index >= 15 is 0 Å². The molecule has 2 aromatic carbocycles. The average Bonchev–Trinajstić information content (AvgIpc) is 3.41. The summed E-state index contributed by atoms with van der Waals surface area (Å²) in [7, 11) is 3.23. The standard InChI is InChI=1S/C29H35F4N3O4.C2HF3O2/c1-38-24-6-3-18(15-25(24)39-2)28-10-7-20(17-26(28)36(12-11-28)21-8-13-40-14-9-21)35-27(37)34-19-4-5-23(30)22(16-19)29(31,32)33;3-2(4,5)1(6)7/h3-6,15-16,20-21,26H,7-14,17H2,1-2H3,(H2,34,35,37);(H,6,7). The summed E-state index contributed by atoms with van der Waals surface area (Å²) in [5.74, 6) is -2.80. The summed E-state index contributed by atoms with van der Waals surface area (Å²) >= 11 is 0. The molecule has 47 heavy (non-hydrogen) atoms. The van der Waals surface area contributed by atoms with Crippen molar-refractivity contribution >= 4 is 17.7 Å². The Bertz CT molecular complexity index is 1420. The van der Waals surface area contributed by atoms with E-state index in [0.717, 1.165) is 51.5 Å². The highest BCUT2D eigenvalue weighted by Crippen LogP contribution is 2.51. The number of methoxy groups -OCH3 is 2. The number of carbonyl (C=O) groups is 2. The van der Waals surface area contributed by atoms with Gasteiger partial charge in [-0.1, -0.05) is 6.07 Å². The number of aliphatic carboxylic acids is 1. The van der Waals surface area contributed by atoms with Crippen molar-refractivity contribution in [2.45, 2.75) is 74.4 Å². The van der Waals surface area contributed by atoms with Gasteiger partial charge in [0.1, 0.15) is 5.82 Å². The molecule has 9 nitrogen and oxygen atoms in total. The third kappa shape index (κ3) is 8.39. The second-order valence-corrected chi connectivity index (χ2v) is 11.6. The molecule has 0 radical (unpaired) electrons. The molecule has 2 heterocycles. The van der Waals surface area contributed by atoms with Crippen LogP contribution in [0.4, 0.5) is 41.2 Å². The molecule has 2 amide bonds. The van der Waals surface area contributed by atoms with E-state index in [1.54, 1.807) is 14.2 Å². The van der Waals surface area contributed by atoms with Crippen LogP contribution >= 0.6 is 0 Å². The molecular weight excluding hydrogens is 643 g/mol. The SMILES string of the molecule is COc1ccc(C23CCC(NC(=O)Nc4ccc(F)c(C(F)(F)F)c4)CC2N(C2CCOCC2)CC3)cc1OC.O=C(O)C(F)(F)F. The number of nitrogens with one attached hydrogen (secondary N) is 2. The fourth-order valence-electron chi connectivity index (χ4n) is 6.82. The number of hydrogen-bond acceptors (Lipinski definition) is 6. The van der Waals surface area contributed by atoms with Crippen LogP contribution in [0.2, 0.25) is 0 Å². The summed E-state index contributed by atoms with van der Waals surface area (Å²) in [4.78, 5) is 24.3. The molecule has 2 aliphatic heterocycles. The van der Waals surface area contributed by atoms with Gasteiger partial charge in [0.05, 0.1) is 19.8 Å². The van der Waals surface area contributed by atoms with Crippen molar-refractivity contribution in [1.29, 1.82) is 0 Å². The Balaban J connectivity index is 0.000000644. The third-order valence-electron chi connectivity index (χ3n) is 9.03. The van der Waals surface area contributed by atoms with Gasteiger partial charge in [-0.25, -0.2) is 14.0 Å². The predicted molar refractivity (Wildman–Crippen MR) is 155 cm³/mol. The van der Waals surface area contributed by atoms with Gasteiger partial charge in [-0.05, 0) is 81.0 Å². The molecule has 0 spiro atoms. The van der Waals surface area contributed by atoms with Gasteiger partial charge in [0.15, 0.2) is 11.5 Å². The van der Waals surface area contributed by atoms with Crippen LogP contribution < -0.4 is 20.1 Å². The van der Waals surface area contributed by atoms with E-state index in [4.69, 9.17) is 24.1 Å². The number of alkyl halides is 6. The van der Waals surface area contributed by atoms with Crippen molar-refractivity contribution in [3.8, 4) is 11.5 Å². The van der Waals surface area contributed by atoms with E-state index in [1.165, 1.54) is 5.56 Å². The molecule has 16 heteroatoms. The number of carboxylic acids is 1. The molecule has 2 aromatic rings. The average molecular weight is 680 g/mol. The maximum Gasteiger partial charge on any atom is 0.490 e. The molecule has 0 bridgehead atoms. The van der Waals surface area contributed by atoms with Gasteiger partial charge in [-0.3, -0.25) is 4.90 Å². The minimum absolute atomic E-state index is 0.119. The van der Waals surface area contributed by atoms with Gasteiger partial charge in [-0.15, -0.1) is 0 Å². The number of carboxylic acid groups (broad SMARTS) is 1. The summed E-state index contributed by atoms with van der Waals surface area (Å²) in [6.07, 6.45) is -4.85. The monoisotopic (exact) mass is 679 g/mol. The van der Waals surface area contributed by atoms with Crippen LogP contribution in [0.1, 0.15) is 49.7 Å². The maximum atomic E-state index is 13.7. The van der Waals surface area contributed by atoms with Crippen molar-refractivity contribution in [3.63, 3.8) is 0 Å². The number of ether oxygens (including phenoxy) is 3. The summed E-state index contributed by atoms with van der Waals surface area (Å²) < 4.78 is 101. The highest BCUT2D eigenvalue weighted by Gasteiger charge is 2.53. The number of benzene rings is 2. The molecule has 1 saturated carbocycles. The Morgan fingerprint density at radius 1 is 0.957 bits per heavy atom. The topological polar surface area (TPSA) is 109 Å². The lowest BCUT2D eigenvalue weighted by Gasteiger charge is -2.47. The van der Waals surface area contributed by atoms with Gasteiger partial charge in [0.2, 0.25) is 0 Å². The first-order chi connectivity index (χ1) is 22.1. The fraction of sp³-hybridized carbons (Fsp3) is 0.548. The number of fused-ring (bicyclic) bond motifs is 1. The zero-order valence-corrected chi connectivity index (χ0v) is 25.6. The molecule has 3 atom stereocenters. The Morgan fingerprint density at radius 3 is 2.21 bits per heavy atom. The molecular formula is C31H36F7N3O6. The fourth-order valence-corrected chi connectivity index (χ4v) is 6.82. The van der Waals surface area contributed by atoms with Crippen LogP contribution in [-0.2, 0) is 21.1 Å². The Morgan fingerprint density at radius 2 is 1.62 bits per heavy atom. The lowest BCUT2D eigenvalue weighted by molar-refractivity contribution is -0.192. The first-order valence-corrected chi connectivity index (χ1v) is 14.9. The molecule has 5 rings (SSSR count). The highest BCUT2D eigenvalue weighted by atomic mass is 19.4. The van der Waals surface area contributed by atoms with E-state index in [2.05, 4.69) is 27.7 Å². The van der Waals surface area contributed by atoms with Gasteiger partial charge in [-0.2, -0.15) is 26.3 Å². The van der Waals surface area contributed by atoms with Crippen molar-refractivity contribution < 1.29 is 59.6 Å². The largest absolute Gasteiger partial charge is 0.493 e. The van der Waals surface area contributed by atoms with E-state index in [0.29, 0.717) is 42.5 Å². The number of halogens is 7. The lowest BCUT2D eigenvalue weighted by Crippen LogP contribution is -2.55. The van der Waals surface area contributed by atoms with Gasteiger partial charge in [0.25, 0.3) is 0 Å². The van der Waals surface area contributed by atoms with E-state index in [1.807, 2.05) is 6.07 Å². The minimum Gasteiger partial charge on any atom is -0.493 e. The Labute approximate surface area is 266 Å². The van der Waals surface area contributed by atoms with Gasteiger partial charge in [0, 0.05) is 42.4 Å². The number of nitrogens with zero attached hydrogens (tertiary/aromatic N) is 1. The Hall–Kier alpha value is -3.79. The molecule has 1 aliphatic carbocycles. The summed E-state index contributed by atoms with van der Waals surface area (Å²) in [6, 6.07) is 8.29. The zero-order chi connectivity index (χ0) is 34.6. The predicted octanol–water partition coefficient (Wildman–Crippen LogP) is 6.36. The molecule has 3 unspecified atom stereocenters. The van der Waals surface area contributed by atoms with Crippen molar-refractivity contribution in [2.24, 2.45) is 0 Å². The highest BCUT2D eigenvalue weighted by molar-refractivity contribution is 5.89. The molecule has 2 saturated heterocycles. The first-order valence-electron chi connectivity index (χ1n) is 14.9. The van der Waals surface area contributed by atoms with Crippen molar-refractivity contribution in [2.75, 3.05) is 39.3 Å². The summed E-state index contributed by atoms with van der Waals surface area (Å²) in [5.41, 5.74) is -0.490. The maximum absolute atomic E-state index is 13.7. The van der Waals surface area contributed by atoms with Gasteiger partial charge < -0.3 is 30.0 Å². The van der Waals surface area contributed by atoms with Gasteiger partial charge >= 0.3 is 24.4 Å². The first kappa shape index (κ1) is 36.1. The van der Waals surface area contributed by atoms with E-state index < -0.39 is 35.7 Å². The number of likely N-dealkylation sites (tertiary alicyclic amines) is 1. The number of hydrogen-bond donors (Lipinski definition) is 3. The van der Waals surface area contributed by atoms with E-state index in [9.17, 15) is 35.5 Å². The van der Waals surface area contributed by atoms with Crippen LogP contribution in [0.25, 0.3) is 0 Å². The lowest BCUT2D eigenvalue weighted by atomic mass is 9.65. The van der Waals surface area contributed by atoms with Crippen molar-refractivity contribution in [1.82, 2.24) is 10.2 Å². The van der Waals surface area contributed by atoms with E-state index in [-0.39, 0.29) is 23.2 Å². The molecule has 260 valence electrons. The minimum atomic E-state index is -5.08. The number of urea groups is 1. The summed E-state index contributed by atoms with van der Waals surface area (Å²) in [6.45, 7) is 2.37. The molecule has 0 aromatic heterocycles. The van der Waals surface area contributed by atoms with Crippen molar-refractivity contribution in [3.05, 3.63) is 53.3 Å². The quantitative estimate of drug-likeness (QED) is 0.305. The second kappa shape index (κ2) is 14.5.